The van der Waals surface area contributed by atoms with Crippen LogP contribution in [-0.4, -0.2) is 29.8 Å². The Labute approximate surface area is 129 Å². The quantitative estimate of drug-likeness (QED) is 0.761. The van der Waals surface area contributed by atoms with Crippen LogP contribution < -0.4 is 10.1 Å². The molecule has 6 heteroatoms. The van der Waals surface area contributed by atoms with E-state index in [2.05, 4.69) is 10.3 Å². The Hall–Kier alpha value is -1.56. The van der Waals surface area contributed by atoms with Crippen LogP contribution in [0.1, 0.15) is 11.4 Å². The molecule has 1 aromatic carbocycles. The Morgan fingerprint density at radius 2 is 2.24 bits per heavy atom. The summed E-state index contributed by atoms with van der Waals surface area (Å²) in [6.07, 6.45) is 3.65. The normalized spacial score (nSPS) is 10.8. The highest BCUT2D eigenvalue weighted by molar-refractivity contribution is 6.30. The molecule has 1 heterocycles. The fourth-order valence-corrected chi connectivity index (χ4v) is 2.10. The van der Waals surface area contributed by atoms with Crippen LogP contribution in [-0.2, 0) is 24.9 Å². The van der Waals surface area contributed by atoms with E-state index in [9.17, 15) is 0 Å². The molecule has 0 bridgehead atoms. The number of imidazole rings is 1. The summed E-state index contributed by atoms with van der Waals surface area (Å²) in [4.78, 5) is 4.24. The van der Waals surface area contributed by atoms with Crippen molar-refractivity contribution >= 4 is 11.6 Å². The number of nitrogens with zero attached hydrogens (tertiary/aromatic N) is 2. The molecule has 0 aliphatic rings. The van der Waals surface area contributed by atoms with E-state index in [-0.39, 0.29) is 0 Å². The fourth-order valence-electron chi connectivity index (χ4n) is 1.90. The zero-order chi connectivity index (χ0) is 15.1. The summed E-state index contributed by atoms with van der Waals surface area (Å²) in [5, 5.41) is 3.99. The molecule has 0 aliphatic carbocycles. The summed E-state index contributed by atoms with van der Waals surface area (Å²) in [5.74, 6) is 1.69. The number of methoxy groups -OCH3 is 1. The van der Waals surface area contributed by atoms with Gasteiger partial charge in [0.2, 0.25) is 0 Å². The van der Waals surface area contributed by atoms with E-state index in [0.29, 0.717) is 24.8 Å². The van der Waals surface area contributed by atoms with Gasteiger partial charge in [-0.2, -0.15) is 0 Å². The first-order valence-corrected chi connectivity index (χ1v) is 7.15. The van der Waals surface area contributed by atoms with Gasteiger partial charge in [-0.1, -0.05) is 11.6 Å². The Morgan fingerprint density at radius 1 is 1.38 bits per heavy atom. The Balaban J connectivity index is 1.99. The molecule has 1 N–H and O–H groups in total. The van der Waals surface area contributed by atoms with E-state index >= 15 is 0 Å². The number of hydrogen-bond donors (Lipinski definition) is 1. The molecule has 1 aromatic heterocycles. The van der Waals surface area contributed by atoms with Crippen LogP contribution in [0.2, 0.25) is 5.02 Å². The van der Waals surface area contributed by atoms with Crippen LogP contribution in [0.3, 0.4) is 0 Å². The van der Waals surface area contributed by atoms with Gasteiger partial charge in [-0.3, -0.25) is 0 Å². The van der Waals surface area contributed by atoms with E-state index in [4.69, 9.17) is 21.1 Å². The number of aryl methyl sites for hydroxylation is 1. The van der Waals surface area contributed by atoms with Crippen molar-refractivity contribution in [3.05, 3.63) is 47.0 Å². The van der Waals surface area contributed by atoms with Gasteiger partial charge in [-0.15, -0.1) is 0 Å². The third kappa shape index (κ3) is 4.74. The zero-order valence-electron chi connectivity index (χ0n) is 12.3. The fraction of sp³-hybridized carbons (Fsp3) is 0.400. The molecule has 21 heavy (non-hydrogen) atoms. The summed E-state index contributed by atoms with van der Waals surface area (Å²) in [6.45, 7) is 2.56. The first kappa shape index (κ1) is 15.8. The summed E-state index contributed by atoms with van der Waals surface area (Å²) >= 11 is 6.06. The summed E-state index contributed by atoms with van der Waals surface area (Å²) in [7, 11) is 3.63. The van der Waals surface area contributed by atoms with Crippen molar-refractivity contribution in [3.8, 4) is 5.75 Å². The highest BCUT2D eigenvalue weighted by atomic mass is 35.5. The highest BCUT2D eigenvalue weighted by Gasteiger charge is 2.07. The first-order chi connectivity index (χ1) is 10.2. The molecule has 0 radical (unpaired) electrons. The van der Waals surface area contributed by atoms with Crippen LogP contribution in [0, 0.1) is 0 Å². The first-order valence-electron chi connectivity index (χ1n) is 6.78. The van der Waals surface area contributed by atoms with Gasteiger partial charge >= 0.3 is 0 Å². The van der Waals surface area contributed by atoms with Crippen molar-refractivity contribution in [1.29, 1.82) is 0 Å². The second-order valence-corrected chi connectivity index (χ2v) is 5.10. The molecular weight excluding hydrogens is 290 g/mol. The molecule has 0 spiro atoms. The molecule has 0 saturated heterocycles. The van der Waals surface area contributed by atoms with Gasteiger partial charge in [-0.05, 0) is 18.2 Å². The van der Waals surface area contributed by atoms with Gasteiger partial charge < -0.3 is 19.4 Å². The molecule has 0 aliphatic heterocycles. The lowest BCUT2D eigenvalue weighted by molar-refractivity contribution is 0.199. The molecule has 0 fully saturated rings. The van der Waals surface area contributed by atoms with E-state index in [1.165, 1.54) is 0 Å². The molecule has 2 aromatic rings. The monoisotopic (exact) mass is 309 g/mol. The summed E-state index contributed by atoms with van der Waals surface area (Å²) in [5.41, 5.74) is 1.02. The molecule has 0 saturated carbocycles. The second kappa shape index (κ2) is 8.02. The van der Waals surface area contributed by atoms with Crippen LogP contribution >= 0.6 is 11.6 Å². The average Bonchev–Trinajstić information content (AvgIpc) is 2.88. The van der Waals surface area contributed by atoms with Gasteiger partial charge in [-0.25, -0.2) is 4.98 Å². The Morgan fingerprint density at radius 3 is 2.95 bits per heavy atom. The van der Waals surface area contributed by atoms with Gasteiger partial charge in [0.25, 0.3) is 0 Å². The van der Waals surface area contributed by atoms with Crippen molar-refractivity contribution in [3.63, 3.8) is 0 Å². The van der Waals surface area contributed by atoms with Crippen molar-refractivity contribution in [1.82, 2.24) is 14.9 Å². The predicted octanol–water partition coefficient (Wildman–Crippen LogP) is 2.39. The zero-order valence-corrected chi connectivity index (χ0v) is 13.1. The van der Waals surface area contributed by atoms with Crippen molar-refractivity contribution < 1.29 is 9.47 Å². The third-order valence-electron chi connectivity index (χ3n) is 3.10. The topological polar surface area (TPSA) is 48.3 Å². The molecule has 2 rings (SSSR count). The Kier molecular flexibility index (Phi) is 6.04. The number of nitrogens with one attached hydrogen (secondary N) is 1. The summed E-state index contributed by atoms with van der Waals surface area (Å²) < 4.78 is 12.8. The van der Waals surface area contributed by atoms with Crippen LogP contribution in [0.5, 0.6) is 5.75 Å². The molecule has 114 valence electrons. The summed E-state index contributed by atoms with van der Waals surface area (Å²) in [6, 6.07) is 5.63. The lowest BCUT2D eigenvalue weighted by Crippen LogP contribution is -2.19. The molecule has 5 nitrogen and oxygen atoms in total. The maximum absolute atomic E-state index is 6.06. The van der Waals surface area contributed by atoms with Crippen molar-refractivity contribution in [2.75, 3.05) is 20.3 Å². The molecule has 0 unspecified atom stereocenters. The van der Waals surface area contributed by atoms with Crippen LogP contribution in [0.4, 0.5) is 0 Å². The number of hydrogen-bond acceptors (Lipinski definition) is 4. The van der Waals surface area contributed by atoms with Crippen molar-refractivity contribution in [2.24, 2.45) is 7.05 Å². The SMILES string of the molecule is COCCNCc1cc(Cl)ccc1OCc1nccn1C. The minimum atomic E-state index is 0.427. The molecule has 0 atom stereocenters. The third-order valence-corrected chi connectivity index (χ3v) is 3.33. The van der Waals surface area contributed by atoms with Gasteiger partial charge in [0.05, 0.1) is 6.61 Å². The van der Waals surface area contributed by atoms with E-state index in [1.54, 1.807) is 13.3 Å². The van der Waals surface area contributed by atoms with Crippen molar-refractivity contribution in [2.45, 2.75) is 13.2 Å². The van der Waals surface area contributed by atoms with Gasteiger partial charge in [0, 0.05) is 50.2 Å². The average molecular weight is 310 g/mol. The maximum Gasteiger partial charge on any atom is 0.146 e. The highest BCUT2D eigenvalue weighted by Crippen LogP contribution is 2.23. The molecule has 0 amide bonds. The lowest BCUT2D eigenvalue weighted by atomic mass is 10.2. The second-order valence-electron chi connectivity index (χ2n) is 4.66. The van der Waals surface area contributed by atoms with E-state index in [0.717, 1.165) is 23.7 Å². The molecular formula is C15H20ClN3O2. The van der Waals surface area contributed by atoms with Gasteiger partial charge in [0.1, 0.15) is 18.2 Å². The number of ether oxygens (including phenoxy) is 2. The van der Waals surface area contributed by atoms with Gasteiger partial charge in [0.15, 0.2) is 0 Å². The van der Waals surface area contributed by atoms with Crippen LogP contribution in [0.15, 0.2) is 30.6 Å². The van der Waals surface area contributed by atoms with E-state index < -0.39 is 0 Å². The maximum atomic E-state index is 6.06. The number of aromatic nitrogens is 2. The number of halogens is 1. The van der Waals surface area contributed by atoms with Crippen LogP contribution in [0.25, 0.3) is 0 Å². The van der Waals surface area contributed by atoms with E-state index in [1.807, 2.05) is 36.0 Å². The lowest BCUT2D eigenvalue weighted by Gasteiger charge is -2.12. The minimum absolute atomic E-state index is 0.427. The predicted molar refractivity (Wildman–Crippen MR) is 82.6 cm³/mol. The number of rotatable bonds is 8. The minimum Gasteiger partial charge on any atom is -0.485 e. The largest absolute Gasteiger partial charge is 0.485 e. The Bertz CT molecular complexity index is 572. The number of benzene rings is 1. The smallest absolute Gasteiger partial charge is 0.146 e. The standard InChI is InChI=1S/C15H20ClN3O2/c1-19-7-5-18-15(19)11-21-14-4-3-13(16)9-12(14)10-17-6-8-20-2/h3-5,7,9,17H,6,8,10-11H2,1-2H3.